The molecule has 1 atom stereocenters. The van der Waals surface area contributed by atoms with E-state index >= 15 is 0 Å². The second-order valence-corrected chi connectivity index (χ2v) is 6.98. The average Bonchev–Trinajstić information content (AvgIpc) is 2.70. The third-order valence-corrected chi connectivity index (χ3v) is 4.76. The highest BCUT2D eigenvalue weighted by molar-refractivity contribution is 5.78. The number of rotatable bonds is 7. The third kappa shape index (κ3) is 5.28. The Labute approximate surface area is 160 Å². The smallest absolute Gasteiger partial charge is 0.224 e. The number of benzene rings is 3. The van der Waals surface area contributed by atoms with Gasteiger partial charge in [0.15, 0.2) is 0 Å². The van der Waals surface area contributed by atoms with E-state index in [1.807, 2.05) is 72.8 Å². The molecular formula is C24H25NO2. The first-order valence-corrected chi connectivity index (χ1v) is 9.23. The summed E-state index contributed by atoms with van der Waals surface area (Å²) in [6, 6.07) is 27.8. The largest absolute Gasteiger partial charge is 0.385 e. The molecule has 2 N–H and O–H groups in total. The van der Waals surface area contributed by atoms with Crippen molar-refractivity contribution < 1.29 is 9.90 Å². The number of aliphatic hydroxyl groups is 1. The molecule has 0 saturated heterocycles. The van der Waals surface area contributed by atoms with Crippen molar-refractivity contribution in [1.29, 1.82) is 0 Å². The van der Waals surface area contributed by atoms with E-state index in [-0.39, 0.29) is 5.91 Å². The summed E-state index contributed by atoms with van der Waals surface area (Å²) >= 11 is 0. The van der Waals surface area contributed by atoms with E-state index in [0.29, 0.717) is 19.4 Å². The van der Waals surface area contributed by atoms with Crippen molar-refractivity contribution in [2.45, 2.75) is 25.4 Å². The normalized spacial score (nSPS) is 13.0. The van der Waals surface area contributed by atoms with Crippen molar-refractivity contribution in [2.24, 2.45) is 0 Å². The Balaban J connectivity index is 1.49. The topological polar surface area (TPSA) is 49.3 Å². The van der Waals surface area contributed by atoms with Gasteiger partial charge in [-0.15, -0.1) is 0 Å². The SMILES string of the molecule is CC(O)(CCNC(=O)Cc1ccc(-c2ccccc2)cc1)c1ccccc1. The lowest BCUT2D eigenvalue weighted by molar-refractivity contribution is -0.120. The van der Waals surface area contributed by atoms with Crippen LogP contribution in [0.3, 0.4) is 0 Å². The number of carbonyl (C=O) groups is 1. The van der Waals surface area contributed by atoms with E-state index in [4.69, 9.17) is 0 Å². The molecule has 138 valence electrons. The Morgan fingerprint density at radius 2 is 1.41 bits per heavy atom. The van der Waals surface area contributed by atoms with E-state index < -0.39 is 5.60 Å². The highest BCUT2D eigenvalue weighted by Crippen LogP contribution is 2.23. The van der Waals surface area contributed by atoms with E-state index in [1.54, 1.807) is 6.92 Å². The fraction of sp³-hybridized carbons (Fsp3) is 0.208. The van der Waals surface area contributed by atoms with Crippen LogP contribution in [-0.4, -0.2) is 17.6 Å². The van der Waals surface area contributed by atoms with Gasteiger partial charge in [0, 0.05) is 6.54 Å². The van der Waals surface area contributed by atoms with Gasteiger partial charge in [-0.1, -0.05) is 84.9 Å². The van der Waals surface area contributed by atoms with Crippen molar-refractivity contribution in [1.82, 2.24) is 5.32 Å². The monoisotopic (exact) mass is 359 g/mol. The van der Waals surface area contributed by atoms with Gasteiger partial charge >= 0.3 is 0 Å². The Morgan fingerprint density at radius 3 is 2.04 bits per heavy atom. The van der Waals surface area contributed by atoms with E-state index in [9.17, 15) is 9.90 Å². The molecule has 0 aliphatic heterocycles. The first kappa shape index (κ1) is 18.9. The van der Waals surface area contributed by atoms with Gasteiger partial charge in [0.2, 0.25) is 5.91 Å². The minimum atomic E-state index is -0.953. The molecule has 0 fully saturated rings. The molecule has 3 rings (SSSR count). The minimum absolute atomic E-state index is 0.0358. The van der Waals surface area contributed by atoms with Crippen molar-refractivity contribution >= 4 is 5.91 Å². The molecule has 0 radical (unpaired) electrons. The maximum absolute atomic E-state index is 12.2. The molecule has 27 heavy (non-hydrogen) atoms. The lowest BCUT2D eigenvalue weighted by Gasteiger charge is -2.24. The molecule has 1 amide bonds. The van der Waals surface area contributed by atoms with Crippen LogP contribution in [0.1, 0.15) is 24.5 Å². The van der Waals surface area contributed by atoms with Crippen LogP contribution in [0, 0.1) is 0 Å². The molecule has 0 saturated carbocycles. The zero-order valence-corrected chi connectivity index (χ0v) is 15.6. The van der Waals surface area contributed by atoms with Crippen LogP contribution in [0.15, 0.2) is 84.9 Å². The number of hydrogen-bond donors (Lipinski definition) is 2. The molecule has 1 unspecified atom stereocenters. The Bertz CT molecular complexity index is 856. The Kier molecular flexibility index (Phi) is 6.05. The van der Waals surface area contributed by atoms with Gasteiger partial charge in [-0.3, -0.25) is 4.79 Å². The summed E-state index contributed by atoms with van der Waals surface area (Å²) in [6.45, 7) is 2.21. The van der Waals surface area contributed by atoms with Crippen molar-refractivity contribution in [2.75, 3.05) is 6.54 Å². The summed E-state index contributed by atoms with van der Waals surface area (Å²) in [5, 5.41) is 13.5. The second kappa shape index (κ2) is 8.65. The molecule has 0 aliphatic carbocycles. The lowest BCUT2D eigenvalue weighted by atomic mass is 9.92. The Morgan fingerprint density at radius 1 is 0.852 bits per heavy atom. The first-order chi connectivity index (χ1) is 13.0. The van der Waals surface area contributed by atoms with Gasteiger partial charge in [-0.2, -0.15) is 0 Å². The van der Waals surface area contributed by atoms with Crippen LogP contribution in [0.4, 0.5) is 0 Å². The first-order valence-electron chi connectivity index (χ1n) is 9.23. The molecule has 0 bridgehead atoms. The molecule has 3 heteroatoms. The summed E-state index contributed by atoms with van der Waals surface area (Å²) in [7, 11) is 0. The standard InChI is InChI=1S/C24H25NO2/c1-24(27,22-10-6-3-7-11-22)16-17-25-23(26)18-19-12-14-21(15-13-19)20-8-4-2-5-9-20/h2-15,27H,16-18H2,1H3,(H,25,26). The molecule has 0 aliphatic rings. The van der Waals surface area contributed by atoms with Crippen molar-refractivity contribution in [3.05, 3.63) is 96.1 Å². The number of hydrogen-bond acceptors (Lipinski definition) is 2. The average molecular weight is 359 g/mol. The molecule has 0 aromatic heterocycles. The van der Waals surface area contributed by atoms with Crippen LogP contribution in [0.25, 0.3) is 11.1 Å². The molecule has 0 spiro atoms. The van der Waals surface area contributed by atoms with E-state index in [0.717, 1.165) is 22.3 Å². The summed E-state index contributed by atoms with van der Waals surface area (Å²) in [5.74, 6) is -0.0358. The summed E-state index contributed by atoms with van der Waals surface area (Å²) in [6.07, 6.45) is 0.804. The molecule has 3 nitrogen and oxygen atoms in total. The van der Waals surface area contributed by atoms with Crippen LogP contribution in [0.2, 0.25) is 0 Å². The van der Waals surface area contributed by atoms with Gasteiger partial charge < -0.3 is 10.4 Å². The zero-order chi connectivity index (χ0) is 19.1. The number of carbonyl (C=O) groups excluding carboxylic acids is 1. The van der Waals surface area contributed by atoms with Crippen LogP contribution in [0.5, 0.6) is 0 Å². The van der Waals surface area contributed by atoms with Crippen molar-refractivity contribution in [3.8, 4) is 11.1 Å². The predicted molar refractivity (Wildman–Crippen MR) is 109 cm³/mol. The quantitative estimate of drug-likeness (QED) is 0.660. The highest BCUT2D eigenvalue weighted by Gasteiger charge is 2.22. The maximum atomic E-state index is 12.2. The molecule has 3 aromatic rings. The predicted octanol–water partition coefficient (Wildman–Crippen LogP) is 4.31. The van der Waals surface area contributed by atoms with Crippen molar-refractivity contribution in [3.63, 3.8) is 0 Å². The van der Waals surface area contributed by atoms with Gasteiger partial charge in [0.1, 0.15) is 0 Å². The number of amides is 1. The fourth-order valence-electron chi connectivity index (χ4n) is 3.08. The minimum Gasteiger partial charge on any atom is -0.385 e. The molecule has 0 heterocycles. The van der Waals surface area contributed by atoms with Crippen LogP contribution < -0.4 is 5.32 Å². The lowest BCUT2D eigenvalue weighted by Crippen LogP contribution is -2.32. The zero-order valence-electron chi connectivity index (χ0n) is 15.6. The molecule has 3 aromatic carbocycles. The van der Waals surface area contributed by atoms with Crippen LogP contribution in [-0.2, 0) is 16.8 Å². The van der Waals surface area contributed by atoms with Gasteiger partial charge in [-0.25, -0.2) is 0 Å². The summed E-state index contributed by atoms with van der Waals surface area (Å²) in [5.41, 5.74) is 3.18. The van der Waals surface area contributed by atoms with Gasteiger partial charge in [-0.05, 0) is 35.6 Å². The van der Waals surface area contributed by atoms with E-state index in [1.165, 1.54) is 0 Å². The highest BCUT2D eigenvalue weighted by atomic mass is 16.3. The third-order valence-electron chi connectivity index (χ3n) is 4.76. The van der Waals surface area contributed by atoms with E-state index in [2.05, 4.69) is 17.4 Å². The fourth-order valence-corrected chi connectivity index (χ4v) is 3.08. The van der Waals surface area contributed by atoms with Gasteiger partial charge in [0.25, 0.3) is 0 Å². The Hall–Kier alpha value is -2.91. The maximum Gasteiger partial charge on any atom is 0.224 e. The summed E-state index contributed by atoms with van der Waals surface area (Å²) in [4.78, 5) is 12.2. The van der Waals surface area contributed by atoms with Gasteiger partial charge in [0.05, 0.1) is 12.0 Å². The number of nitrogens with one attached hydrogen (secondary N) is 1. The van der Waals surface area contributed by atoms with Crippen LogP contribution >= 0.6 is 0 Å². The second-order valence-electron chi connectivity index (χ2n) is 6.98. The molecular weight excluding hydrogens is 334 g/mol. The summed E-state index contributed by atoms with van der Waals surface area (Å²) < 4.78 is 0.